The van der Waals surface area contributed by atoms with Crippen molar-refractivity contribution < 1.29 is 14.3 Å². The van der Waals surface area contributed by atoms with Crippen LogP contribution in [0, 0.1) is 0 Å². The average molecular weight is 217 g/mol. The predicted molar refractivity (Wildman–Crippen MR) is 57.8 cm³/mol. The quantitative estimate of drug-likeness (QED) is 0.598. The zero-order valence-electron chi connectivity index (χ0n) is 8.82. The van der Waals surface area contributed by atoms with Gasteiger partial charge in [0, 0.05) is 5.56 Å². The van der Waals surface area contributed by atoms with Gasteiger partial charge >= 0.3 is 5.97 Å². The fraction of sp³-hybridized carbons (Fsp3) is 0.167. The summed E-state index contributed by atoms with van der Waals surface area (Å²) in [5, 5.41) is 2.70. The molecule has 1 aromatic carbocycles. The Bertz CT molecular complexity index is 479. The van der Waals surface area contributed by atoms with Crippen LogP contribution in [0.15, 0.2) is 36.4 Å². The molecule has 1 heterocycles. The number of carbonyl (C=O) groups excluding carboxylic acids is 2. The van der Waals surface area contributed by atoms with Gasteiger partial charge in [-0.2, -0.15) is 0 Å². The van der Waals surface area contributed by atoms with E-state index in [2.05, 4.69) is 16.6 Å². The highest BCUT2D eigenvalue weighted by molar-refractivity contribution is 6.02. The van der Waals surface area contributed by atoms with Crippen molar-refractivity contribution in [3.63, 3.8) is 0 Å². The van der Waals surface area contributed by atoms with Crippen LogP contribution in [0.4, 0.5) is 0 Å². The molecule has 0 unspecified atom stereocenters. The van der Waals surface area contributed by atoms with Gasteiger partial charge in [-0.15, -0.1) is 0 Å². The van der Waals surface area contributed by atoms with Gasteiger partial charge in [0.05, 0.1) is 18.7 Å². The first-order valence-corrected chi connectivity index (χ1v) is 4.82. The van der Waals surface area contributed by atoms with Gasteiger partial charge in [0.25, 0.3) is 5.91 Å². The average Bonchev–Trinajstić information content (AvgIpc) is 2.65. The standard InChI is InChI=1S/C12H11NO3/c1-7(12(15)16-2)10-8-5-3-4-6-9(8)11(14)13-10/h3-6,10H,1H2,2H3,(H,13,14)/t10-/m1/s1. The minimum Gasteiger partial charge on any atom is -0.466 e. The normalized spacial score (nSPS) is 17.6. The SMILES string of the molecule is C=C(C(=O)OC)[C@H]1NC(=O)c2ccccc21. The molecular formula is C12H11NO3. The minimum atomic E-state index is -0.512. The monoisotopic (exact) mass is 217 g/mol. The summed E-state index contributed by atoms with van der Waals surface area (Å²) in [5.41, 5.74) is 1.58. The first kappa shape index (κ1) is 10.4. The van der Waals surface area contributed by atoms with Crippen molar-refractivity contribution in [1.82, 2.24) is 5.32 Å². The summed E-state index contributed by atoms with van der Waals surface area (Å²) in [6.45, 7) is 3.65. The molecule has 0 saturated heterocycles. The lowest BCUT2D eigenvalue weighted by atomic mass is 10.00. The van der Waals surface area contributed by atoms with Crippen LogP contribution in [0.5, 0.6) is 0 Å². The van der Waals surface area contributed by atoms with E-state index in [9.17, 15) is 9.59 Å². The molecule has 4 nitrogen and oxygen atoms in total. The maximum absolute atomic E-state index is 11.6. The summed E-state index contributed by atoms with van der Waals surface area (Å²) in [7, 11) is 1.29. The molecule has 0 radical (unpaired) electrons. The Morgan fingerprint density at radius 3 is 2.81 bits per heavy atom. The second kappa shape index (κ2) is 3.81. The maximum Gasteiger partial charge on any atom is 0.335 e. The third-order valence-electron chi connectivity index (χ3n) is 2.59. The number of esters is 1. The van der Waals surface area contributed by atoms with Crippen molar-refractivity contribution in [3.8, 4) is 0 Å². The Kier molecular flexibility index (Phi) is 2.48. The molecule has 2 rings (SSSR count). The van der Waals surface area contributed by atoms with Crippen molar-refractivity contribution >= 4 is 11.9 Å². The number of hydrogen-bond acceptors (Lipinski definition) is 3. The van der Waals surface area contributed by atoms with Gasteiger partial charge in [-0.05, 0) is 11.6 Å². The van der Waals surface area contributed by atoms with Crippen LogP contribution in [-0.2, 0) is 9.53 Å². The molecule has 1 aliphatic heterocycles. The topological polar surface area (TPSA) is 55.4 Å². The zero-order valence-corrected chi connectivity index (χ0v) is 8.82. The van der Waals surface area contributed by atoms with Gasteiger partial charge in [-0.1, -0.05) is 24.8 Å². The van der Waals surface area contributed by atoms with Crippen LogP contribution in [-0.4, -0.2) is 19.0 Å². The van der Waals surface area contributed by atoms with Crippen molar-refractivity contribution in [2.75, 3.05) is 7.11 Å². The molecule has 4 heteroatoms. The fourth-order valence-corrected chi connectivity index (χ4v) is 1.77. The molecule has 0 fully saturated rings. The van der Waals surface area contributed by atoms with Gasteiger partial charge in [0.2, 0.25) is 0 Å². The summed E-state index contributed by atoms with van der Waals surface area (Å²) >= 11 is 0. The largest absolute Gasteiger partial charge is 0.466 e. The highest BCUT2D eigenvalue weighted by atomic mass is 16.5. The molecule has 0 aliphatic carbocycles. The predicted octanol–water partition coefficient (Wildman–Crippen LogP) is 1.20. The second-order valence-corrected chi connectivity index (χ2v) is 3.51. The minimum absolute atomic E-state index is 0.189. The summed E-state index contributed by atoms with van der Waals surface area (Å²) in [6, 6.07) is 6.63. The molecule has 1 atom stereocenters. The molecule has 16 heavy (non-hydrogen) atoms. The van der Waals surface area contributed by atoms with E-state index in [0.29, 0.717) is 5.56 Å². The van der Waals surface area contributed by atoms with Crippen molar-refractivity contribution in [3.05, 3.63) is 47.5 Å². The van der Waals surface area contributed by atoms with Crippen molar-refractivity contribution in [1.29, 1.82) is 0 Å². The molecule has 0 saturated carbocycles. The molecule has 1 amide bonds. The van der Waals surface area contributed by atoms with E-state index >= 15 is 0 Å². The Morgan fingerprint density at radius 1 is 1.44 bits per heavy atom. The van der Waals surface area contributed by atoms with Crippen LogP contribution in [0.1, 0.15) is 22.0 Å². The number of rotatable bonds is 2. The van der Waals surface area contributed by atoms with Crippen LogP contribution in [0.2, 0.25) is 0 Å². The van der Waals surface area contributed by atoms with Crippen LogP contribution >= 0.6 is 0 Å². The number of hydrogen-bond donors (Lipinski definition) is 1. The Balaban J connectivity index is 2.38. The van der Waals surface area contributed by atoms with Gasteiger partial charge in [0.1, 0.15) is 0 Å². The van der Waals surface area contributed by atoms with Gasteiger partial charge in [-0.3, -0.25) is 4.79 Å². The first-order valence-electron chi connectivity index (χ1n) is 4.82. The summed E-state index contributed by atoms with van der Waals surface area (Å²) in [5.74, 6) is -0.701. The van der Waals surface area contributed by atoms with Gasteiger partial charge < -0.3 is 10.1 Å². The number of amides is 1. The summed E-state index contributed by atoms with van der Waals surface area (Å²) in [6.07, 6.45) is 0. The number of methoxy groups -OCH3 is 1. The Morgan fingerprint density at radius 2 is 2.12 bits per heavy atom. The highest BCUT2D eigenvalue weighted by Crippen LogP contribution is 2.30. The van der Waals surface area contributed by atoms with Gasteiger partial charge in [-0.25, -0.2) is 4.79 Å². The molecule has 1 aliphatic rings. The highest BCUT2D eigenvalue weighted by Gasteiger charge is 2.32. The molecule has 82 valence electrons. The number of benzene rings is 1. The maximum atomic E-state index is 11.6. The molecule has 0 aromatic heterocycles. The number of fused-ring (bicyclic) bond motifs is 1. The second-order valence-electron chi connectivity index (χ2n) is 3.51. The number of nitrogens with one attached hydrogen (secondary N) is 1. The van der Waals surface area contributed by atoms with E-state index in [-0.39, 0.29) is 11.5 Å². The fourth-order valence-electron chi connectivity index (χ4n) is 1.77. The lowest BCUT2D eigenvalue weighted by molar-refractivity contribution is -0.136. The molecule has 0 bridgehead atoms. The van der Waals surface area contributed by atoms with E-state index in [1.165, 1.54) is 7.11 Å². The van der Waals surface area contributed by atoms with Crippen LogP contribution in [0.3, 0.4) is 0 Å². The van der Waals surface area contributed by atoms with Crippen molar-refractivity contribution in [2.24, 2.45) is 0 Å². The Labute approximate surface area is 92.9 Å². The van der Waals surface area contributed by atoms with Crippen LogP contribution in [0.25, 0.3) is 0 Å². The smallest absolute Gasteiger partial charge is 0.335 e. The Hall–Kier alpha value is -2.10. The third-order valence-corrected chi connectivity index (χ3v) is 2.59. The van der Waals surface area contributed by atoms with E-state index < -0.39 is 12.0 Å². The third kappa shape index (κ3) is 1.48. The first-order chi connectivity index (χ1) is 7.65. The number of ether oxygens (including phenoxy) is 1. The van der Waals surface area contributed by atoms with Gasteiger partial charge in [0.15, 0.2) is 0 Å². The zero-order chi connectivity index (χ0) is 11.7. The van der Waals surface area contributed by atoms with E-state index in [1.54, 1.807) is 18.2 Å². The molecule has 0 spiro atoms. The summed E-state index contributed by atoms with van der Waals surface area (Å²) < 4.78 is 4.58. The molecule has 1 aromatic rings. The van der Waals surface area contributed by atoms with E-state index in [0.717, 1.165) is 5.56 Å². The van der Waals surface area contributed by atoms with Crippen LogP contribution < -0.4 is 5.32 Å². The summed E-state index contributed by atoms with van der Waals surface area (Å²) in [4.78, 5) is 22.9. The van der Waals surface area contributed by atoms with E-state index in [4.69, 9.17) is 0 Å². The molecular weight excluding hydrogens is 206 g/mol. The number of carbonyl (C=O) groups is 2. The lowest BCUT2D eigenvalue weighted by Gasteiger charge is -2.12. The lowest BCUT2D eigenvalue weighted by Crippen LogP contribution is -2.24. The van der Waals surface area contributed by atoms with E-state index in [1.807, 2.05) is 6.07 Å². The van der Waals surface area contributed by atoms with Crippen molar-refractivity contribution in [2.45, 2.75) is 6.04 Å². The molecule has 1 N–H and O–H groups in total.